The highest BCUT2D eigenvalue weighted by Gasteiger charge is 2.05. The smallest absolute Gasteiger partial charge is 0.293 e. The standard InChI is InChI=1S/C14H17N3O2/c1-2-8-17-9-7-15-13(14(17)19)16-10-11-5-3-4-6-12(11)18/h3-7,9,18H,2,8,10H2,1H3,(H,15,16). The Bertz CT molecular complexity index is 608. The van der Waals surface area contributed by atoms with Gasteiger partial charge in [0.1, 0.15) is 5.75 Å². The van der Waals surface area contributed by atoms with Crippen molar-refractivity contribution in [2.24, 2.45) is 0 Å². The van der Waals surface area contributed by atoms with Crippen LogP contribution in [0.2, 0.25) is 0 Å². The van der Waals surface area contributed by atoms with Gasteiger partial charge in [0, 0.05) is 31.0 Å². The predicted molar refractivity (Wildman–Crippen MR) is 74.2 cm³/mol. The highest BCUT2D eigenvalue weighted by atomic mass is 16.3. The van der Waals surface area contributed by atoms with Crippen LogP contribution in [0.3, 0.4) is 0 Å². The third-order valence-electron chi connectivity index (χ3n) is 2.82. The predicted octanol–water partition coefficient (Wildman–Crippen LogP) is 1.97. The van der Waals surface area contributed by atoms with Gasteiger partial charge in [-0.1, -0.05) is 25.1 Å². The second kappa shape index (κ2) is 6.04. The van der Waals surface area contributed by atoms with Gasteiger partial charge in [0.05, 0.1) is 0 Å². The fourth-order valence-corrected chi connectivity index (χ4v) is 1.82. The Balaban J connectivity index is 2.14. The van der Waals surface area contributed by atoms with Gasteiger partial charge in [0.2, 0.25) is 0 Å². The van der Waals surface area contributed by atoms with E-state index in [-0.39, 0.29) is 11.3 Å². The molecule has 1 aromatic heterocycles. The molecule has 0 aliphatic heterocycles. The Hall–Kier alpha value is -2.30. The van der Waals surface area contributed by atoms with Crippen LogP contribution >= 0.6 is 0 Å². The zero-order valence-electron chi connectivity index (χ0n) is 10.8. The monoisotopic (exact) mass is 259 g/mol. The Morgan fingerprint density at radius 2 is 2.16 bits per heavy atom. The number of hydrogen-bond donors (Lipinski definition) is 2. The molecule has 2 rings (SSSR count). The van der Waals surface area contributed by atoms with Crippen molar-refractivity contribution in [3.63, 3.8) is 0 Å². The first-order valence-electron chi connectivity index (χ1n) is 6.28. The minimum atomic E-state index is -0.139. The molecule has 0 unspecified atom stereocenters. The molecule has 0 aliphatic carbocycles. The Kier molecular flexibility index (Phi) is 4.18. The zero-order valence-corrected chi connectivity index (χ0v) is 10.8. The first-order chi connectivity index (χ1) is 9.22. The zero-order chi connectivity index (χ0) is 13.7. The van der Waals surface area contributed by atoms with E-state index in [0.717, 1.165) is 12.0 Å². The van der Waals surface area contributed by atoms with Crippen molar-refractivity contribution in [1.82, 2.24) is 9.55 Å². The summed E-state index contributed by atoms with van der Waals surface area (Å²) in [4.78, 5) is 16.1. The summed E-state index contributed by atoms with van der Waals surface area (Å²) in [5, 5.41) is 12.6. The highest BCUT2D eigenvalue weighted by Crippen LogP contribution is 2.15. The van der Waals surface area contributed by atoms with Crippen molar-refractivity contribution in [2.75, 3.05) is 5.32 Å². The van der Waals surface area contributed by atoms with Gasteiger partial charge in [-0.2, -0.15) is 0 Å². The van der Waals surface area contributed by atoms with Crippen LogP contribution in [0.15, 0.2) is 41.5 Å². The minimum absolute atomic E-state index is 0.139. The van der Waals surface area contributed by atoms with Crippen LogP contribution in [0.5, 0.6) is 5.75 Å². The highest BCUT2D eigenvalue weighted by molar-refractivity contribution is 5.37. The molecule has 0 aliphatic rings. The van der Waals surface area contributed by atoms with Crippen LogP contribution in [-0.2, 0) is 13.1 Å². The summed E-state index contributed by atoms with van der Waals surface area (Å²) in [6, 6.07) is 7.01. The third-order valence-corrected chi connectivity index (χ3v) is 2.82. The number of phenolic OH excluding ortho intramolecular Hbond substituents is 1. The van der Waals surface area contributed by atoms with E-state index < -0.39 is 0 Å². The summed E-state index contributed by atoms with van der Waals surface area (Å²) in [6.45, 7) is 3.06. The van der Waals surface area contributed by atoms with Gasteiger partial charge in [0.25, 0.3) is 5.56 Å². The maximum Gasteiger partial charge on any atom is 0.293 e. The number of para-hydroxylation sites is 1. The van der Waals surface area contributed by atoms with E-state index in [4.69, 9.17) is 0 Å². The Morgan fingerprint density at radius 1 is 1.37 bits per heavy atom. The lowest BCUT2D eigenvalue weighted by molar-refractivity contribution is 0.469. The first kappa shape index (κ1) is 13.1. The van der Waals surface area contributed by atoms with Crippen molar-refractivity contribution < 1.29 is 5.11 Å². The van der Waals surface area contributed by atoms with Crippen LogP contribution in [0, 0.1) is 0 Å². The second-order valence-corrected chi connectivity index (χ2v) is 4.26. The second-order valence-electron chi connectivity index (χ2n) is 4.26. The number of aryl methyl sites for hydroxylation is 1. The summed E-state index contributed by atoms with van der Waals surface area (Å²) in [7, 11) is 0. The fourth-order valence-electron chi connectivity index (χ4n) is 1.82. The fraction of sp³-hybridized carbons (Fsp3) is 0.286. The molecule has 5 heteroatoms. The Morgan fingerprint density at radius 3 is 2.89 bits per heavy atom. The number of nitrogens with one attached hydrogen (secondary N) is 1. The van der Waals surface area contributed by atoms with Gasteiger partial charge < -0.3 is 15.0 Å². The minimum Gasteiger partial charge on any atom is -0.508 e. The summed E-state index contributed by atoms with van der Waals surface area (Å²) >= 11 is 0. The van der Waals surface area contributed by atoms with E-state index in [9.17, 15) is 9.90 Å². The van der Waals surface area contributed by atoms with E-state index in [1.807, 2.05) is 13.0 Å². The molecule has 0 saturated carbocycles. The number of anilines is 1. The number of hydrogen-bond acceptors (Lipinski definition) is 4. The lowest BCUT2D eigenvalue weighted by Crippen LogP contribution is -2.24. The van der Waals surface area contributed by atoms with Crippen molar-refractivity contribution in [3.8, 4) is 5.75 Å². The van der Waals surface area contributed by atoms with E-state index in [1.54, 1.807) is 35.2 Å². The maximum absolute atomic E-state index is 12.0. The average Bonchev–Trinajstić information content (AvgIpc) is 2.42. The van der Waals surface area contributed by atoms with Crippen molar-refractivity contribution in [2.45, 2.75) is 26.4 Å². The van der Waals surface area contributed by atoms with Gasteiger partial charge >= 0.3 is 0 Å². The molecule has 1 aromatic carbocycles. The summed E-state index contributed by atoms with van der Waals surface area (Å²) in [5.74, 6) is 0.513. The van der Waals surface area contributed by atoms with Crippen molar-refractivity contribution in [1.29, 1.82) is 0 Å². The number of phenols is 1. The number of aromatic hydroxyl groups is 1. The van der Waals surface area contributed by atoms with Crippen LogP contribution < -0.4 is 10.9 Å². The van der Waals surface area contributed by atoms with Gasteiger partial charge in [-0.05, 0) is 12.5 Å². The molecule has 100 valence electrons. The number of benzene rings is 1. The lowest BCUT2D eigenvalue weighted by Gasteiger charge is -2.09. The van der Waals surface area contributed by atoms with E-state index in [2.05, 4.69) is 10.3 Å². The van der Waals surface area contributed by atoms with Crippen LogP contribution in [0.1, 0.15) is 18.9 Å². The van der Waals surface area contributed by atoms with Gasteiger partial charge in [0.15, 0.2) is 5.82 Å². The molecule has 0 saturated heterocycles. The quantitative estimate of drug-likeness (QED) is 0.861. The number of aromatic nitrogens is 2. The SMILES string of the molecule is CCCn1ccnc(NCc2ccccc2O)c1=O. The molecule has 0 amide bonds. The number of nitrogens with zero attached hydrogens (tertiary/aromatic N) is 2. The molecule has 0 fully saturated rings. The maximum atomic E-state index is 12.0. The molecule has 5 nitrogen and oxygen atoms in total. The molecule has 19 heavy (non-hydrogen) atoms. The summed E-state index contributed by atoms with van der Waals surface area (Å²) < 4.78 is 1.63. The van der Waals surface area contributed by atoms with E-state index in [0.29, 0.717) is 18.9 Å². The number of rotatable bonds is 5. The van der Waals surface area contributed by atoms with Gasteiger partial charge in [-0.25, -0.2) is 4.98 Å². The van der Waals surface area contributed by atoms with Crippen LogP contribution in [0.4, 0.5) is 5.82 Å². The van der Waals surface area contributed by atoms with Crippen molar-refractivity contribution >= 4 is 5.82 Å². The molecule has 2 N–H and O–H groups in total. The van der Waals surface area contributed by atoms with Crippen LogP contribution in [-0.4, -0.2) is 14.7 Å². The molecule has 1 heterocycles. The average molecular weight is 259 g/mol. The van der Waals surface area contributed by atoms with Crippen molar-refractivity contribution in [3.05, 3.63) is 52.6 Å². The normalized spacial score (nSPS) is 10.4. The summed E-state index contributed by atoms with van der Waals surface area (Å²) in [5.41, 5.74) is 0.592. The largest absolute Gasteiger partial charge is 0.508 e. The molecule has 0 radical (unpaired) electrons. The molecular weight excluding hydrogens is 242 g/mol. The van der Waals surface area contributed by atoms with Gasteiger partial charge in [-0.3, -0.25) is 4.79 Å². The molecule has 0 spiro atoms. The Labute approximate surface area is 111 Å². The van der Waals surface area contributed by atoms with Gasteiger partial charge in [-0.15, -0.1) is 0 Å². The third kappa shape index (κ3) is 3.13. The van der Waals surface area contributed by atoms with E-state index in [1.165, 1.54) is 0 Å². The molecule has 0 bridgehead atoms. The first-order valence-corrected chi connectivity index (χ1v) is 6.28. The molecule has 2 aromatic rings. The van der Waals surface area contributed by atoms with E-state index >= 15 is 0 Å². The molecule has 0 atom stereocenters. The molecular formula is C14H17N3O2. The summed E-state index contributed by atoms with van der Waals surface area (Å²) in [6.07, 6.45) is 4.17. The topological polar surface area (TPSA) is 67.2 Å². The van der Waals surface area contributed by atoms with Crippen LogP contribution in [0.25, 0.3) is 0 Å². The lowest BCUT2D eigenvalue weighted by atomic mass is 10.2.